The second-order valence-electron chi connectivity index (χ2n) is 11.1. The molecule has 43 heavy (non-hydrogen) atoms. The van der Waals surface area contributed by atoms with Crippen molar-refractivity contribution in [3.63, 3.8) is 0 Å². The van der Waals surface area contributed by atoms with Crippen molar-refractivity contribution >= 4 is 55.2 Å². The highest BCUT2D eigenvalue weighted by molar-refractivity contribution is 9.10. The average molecular weight is 681 g/mol. The van der Waals surface area contributed by atoms with Crippen molar-refractivity contribution in [2.45, 2.75) is 90.5 Å². The Morgan fingerprint density at radius 1 is 1.07 bits per heavy atom. The normalized spacial score (nSPS) is 14.4. The molecule has 11 nitrogen and oxygen atoms in total. The molecule has 1 saturated heterocycles. The minimum atomic E-state index is -3.47. The number of sulfonamides is 1. The zero-order valence-electron chi connectivity index (χ0n) is 25.3. The van der Waals surface area contributed by atoms with Crippen LogP contribution in [0.4, 0.5) is 17.5 Å². The number of carbonyl (C=O) groups is 2. The molecule has 5 N–H and O–H groups in total. The number of aryl methyl sites for hydroxylation is 1. The molecule has 1 aliphatic heterocycles. The van der Waals surface area contributed by atoms with E-state index in [-0.39, 0.29) is 24.2 Å². The third-order valence-electron chi connectivity index (χ3n) is 7.64. The summed E-state index contributed by atoms with van der Waals surface area (Å²) in [5.74, 6) is 0.132. The summed E-state index contributed by atoms with van der Waals surface area (Å²) in [6, 6.07) is 5.39. The number of unbranched alkanes of at least 4 members (excludes halogenated alkanes) is 7. The van der Waals surface area contributed by atoms with E-state index in [0.717, 1.165) is 24.8 Å². The first kappa shape index (κ1) is 34.7. The standard InChI is InChI=1S/C30H46BrN7O4S/c1-3-4-5-6-7-8-9-10-14-26(39)33-17-20-43(41,42)38-18-15-23(16-19-38)35-30-34-21-24(31)29(37-30)36-25-13-11-12-22(2)27(25)28(32)40/h11-13,21,23H,3-10,14-20H2,1-2H3,(H2,32,40)(H,33,39)(H2,34,35,36,37). The minimum Gasteiger partial charge on any atom is -0.366 e. The number of anilines is 3. The van der Waals surface area contributed by atoms with Crippen LogP contribution in [0.2, 0.25) is 0 Å². The van der Waals surface area contributed by atoms with Gasteiger partial charge in [-0.3, -0.25) is 9.59 Å². The molecular weight excluding hydrogens is 634 g/mol. The summed E-state index contributed by atoms with van der Waals surface area (Å²) in [4.78, 5) is 33.0. The number of primary amides is 1. The summed E-state index contributed by atoms with van der Waals surface area (Å²) in [7, 11) is -3.47. The van der Waals surface area contributed by atoms with Gasteiger partial charge in [0.15, 0.2) is 0 Å². The molecule has 1 aliphatic rings. The number of hydrogen-bond donors (Lipinski definition) is 4. The maximum Gasteiger partial charge on any atom is 0.251 e. The van der Waals surface area contributed by atoms with Crippen LogP contribution in [0.25, 0.3) is 0 Å². The van der Waals surface area contributed by atoms with Gasteiger partial charge in [0, 0.05) is 38.3 Å². The van der Waals surface area contributed by atoms with Crippen LogP contribution in [0.1, 0.15) is 93.5 Å². The summed E-state index contributed by atoms with van der Waals surface area (Å²) < 4.78 is 27.9. The van der Waals surface area contributed by atoms with Crippen LogP contribution in [-0.2, 0) is 14.8 Å². The van der Waals surface area contributed by atoms with Crippen LogP contribution in [-0.4, -0.2) is 65.9 Å². The van der Waals surface area contributed by atoms with E-state index in [2.05, 4.69) is 48.8 Å². The Balaban J connectivity index is 1.41. The molecule has 2 heterocycles. The number of hydrogen-bond acceptors (Lipinski definition) is 8. The lowest BCUT2D eigenvalue weighted by atomic mass is 10.1. The van der Waals surface area contributed by atoms with Gasteiger partial charge in [0.2, 0.25) is 21.9 Å². The molecule has 1 fully saturated rings. The molecular formula is C30H46BrN7O4S. The van der Waals surface area contributed by atoms with Gasteiger partial charge in [0.25, 0.3) is 5.91 Å². The predicted molar refractivity (Wildman–Crippen MR) is 175 cm³/mol. The van der Waals surface area contributed by atoms with Gasteiger partial charge in [0.05, 0.1) is 21.5 Å². The monoisotopic (exact) mass is 679 g/mol. The van der Waals surface area contributed by atoms with Crippen LogP contribution >= 0.6 is 15.9 Å². The van der Waals surface area contributed by atoms with E-state index < -0.39 is 15.9 Å². The minimum absolute atomic E-state index is 0.00743. The summed E-state index contributed by atoms with van der Waals surface area (Å²) in [6.07, 6.45) is 12.6. The molecule has 2 amide bonds. The maximum absolute atomic E-state index is 12.9. The fraction of sp³-hybridized carbons (Fsp3) is 0.600. The van der Waals surface area contributed by atoms with Gasteiger partial charge in [-0.2, -0.15) is 4.98 Å². The molecule has 0 unspecified atom stereocenters. The van der Waals surface area contributed by atoms with E-state index in [1.165, 1.54) is 36.4 Å². The van der Waals surface area contributed by atoms with Gasteiger partial charge < -0.3 is 21.7 Å². The summed E-state index contributed by atoms with van der Waals surface area (Å²) >= 11 is 3.45. The van der Waals surface area contributed by atoms with Gasteiger partial charge in [0.1, 0.15) is 5.82 Å². The highest BCUT2D eigenvalue weighted by atomic mass is 79.9. The largest absolute Gasteiger partial charge is 0.366 e. The molecule has 0 aliphatic carbocycles. The quantitative estimate of drug-likeness (QED) is 0.156. The number of nitrogens with two attached hydrogens (primary N) is 1. The molecule has 13 heteroatoms. The highest BCUT2D eigenvalue weighted by Crippen LogP contribution is 2.28. The topological polar surface area (TPSA) is 159 Å². The van der Waals surface area contributed by atoms with Gasteiger partial charge in [-0.25, -0.2) is 17.7 Å². The first-order valence-electron chi connectivity index (χ1n) is 15.3. The van der Waals surface area contributed by atoms with Gasteiger partial charge in [-0.15, -0.1) is 0 Å². The second-order valence-corrected chi connectivity index (χ2v) is 14.0. The Morgan fingerprint density at radius 3 is 2.42 bits per heavy atom. The Morgan fingerprint density at radius 2 is 1.74 bits per heavy atom. The molecule has 0 atom stereocenters. The first-order chi connectivity index (χ1) is 20.6. The van der Waals surface area contributed by atoms with E-state index in [9.17, 15) is 18.0 Å². The number of rotatable bonds is 18. The van der Waals surface area contributed by atoms with Crippen molar-refractivity contribution < 1.29 is 18.0 Å². The van der Waals surface area contributed by atoms with Gasteiger partial charge >= 0.3 is 0 Å². The first-order valence-corrected chi connectivity index (χ1v) is 17.7. The van der Waals surface area contributed by atoms with Crippen molar-refractivity contribution in [3.05, 3.63) is 40.0 Å². The Kier molecular flexibility index (Phi) is 14.1. The fourth-order valence-corrected chi connectivity index (χ4v) is 6.84. The van der Waals surface area contributed by atoms with E-state index >= 15 is 0 Å². The fourth-order valence-electron chi connectivity index (χ4n) is 5.17. The SMILES string of the molecule is CCCCCCCCCCC(=O)NCCS(=O)(=O)N1CCC(Nc2ncc(Br)c(Nc3cccc(C)c3C(N)=O)n2)CC1. The predicted octanol–water partition coefficient (Wildman–Crippen LogP) is 5.24. The van der Waals surface area contributed by atoms with Gasteiger partial charge in [-0.05, 0) is 53.7 Å². The van der Waals surface area contributed by atoms with Crippen LogP contribution in [0.15, 0.2) is 28.9 Å². The average Bonchev–Trinajstić information content (AvgIpc) is 2.96. The molecule has 2 aromatic rings. The number of carbonyl (C=O) groups excluding carboxylic acids is 2. The third kappa shape index (κ3) is 11.3. The lowest BCUT2D eigenvalue weighted by Gasteiger charge is -2.31. The van der Waals surface area contributed by atoms with Crippen molar-refractivity contribution in [2.24, 2.45) is 5.73 Å². The zero-order chi connectivity index (χ0) is 31.2. The van der Waals surface area contributed by atoms with Crippen LogP contribution < -0.4 is 21.7 Å². The number of halogens is 1. The molecule has 0 bridgehead atoms. The van der Waals surface area contributed by atoms with Crippen LogP contribution in [0, 0.1) is 6.92 Å². The third-order valence-corrected chi connectivity index (χ3v) is 10.1. The Hall–Kier alpha value is -2.77. The molecule has 0 saturated carbocycles. The van der Waals surface area contributed by atoms with E-state index in [1.807, 2.05) is 19.1 Å². The molecule has 238 valence electrons. The number of nitrogens with zero attached hydrogens (tertiary/aromatic N) is 3. The number of aromatic nitrogens is 2. The number of amides is 2. The van der Waals surface area contributed by atoms with Crippen molar-refractivity contribution in [1.82, 2.24) is 19.6 Å². The molecule has 1 aromatic heterocycles. The molecule has 3 rings (SSSR count). The van der Waals surface area contributed by atoms with E-state index in [0.29, 0.717) is 59.8 Å². The number of benzene rings is 1. The molecule has 1 aromatic carbocycles. The van der Waals surface area contributed by atoms with Crippen molar-refractivity contribution in [3.8, 4) is 0 Å². The maximum atomic E-state index is 12.9. The smallest absolute Gasteiger partial charge is 0.251 e. The Labute approximate surface area is 264 Å². The summed E-state index contributed by atoms with van der Waals surface area (Å²) in [5, 5.41) is 9.23. The van der Waals surface area contributed by atoms with Gasteiger partial charge in [-0.1, -0.05) is 64.0 Å². The number of nitrogens with one attached hydrogen (secondary N) is 3. The van der Waals surface area contributed by atoms with Crippen LogP contribution in [0.3, 0.4) is 0 Å². The lowest BCUT2D eigenvalue weighted by molar-refractivity contribution is -0.121. The van der Waals surface area contributed by atoms with Crippen LogP contribution in [0.5, 0.6) is 0 Å². The zero-order valence-corrected chi connectivity index (χ0v) is 27.7. The van der Waals surface area contributed by atoms with Crippen molar-refractivity contribution in [1.29, 1.82) is 0 Å². The second kappa shape index (κ2) is 17.5. The number of piperidine rings is 1. The Bertz CT molecular complexity index is 1320. The highest BCUT2D eigenvalue weighted by Gasteiger charge is 2.28. The summed E-state index contributed by atoms with van der Waals surface area (Å²) in [6.45, 7) is 4.89. The molecule has 0 spiro atoms. The van der Waals surface area contributed by atoms with E-state index in [1.54, 1.807) is 12.3 Å². The summed E-state index contributed by atoms with van der Waals surface area (Å²) in [5.41, 5.74) is 7.27. The lowest BCUT2D eigenvalue weighted by Crippen LogP contribution is -2.45. The van der Waals surface area contributed by atoms with E-state index in [4.69, 9.17) is 5.73 Å². The molecule has 0 radical (unpaired) electrons. The van der Waals surface area contributed by atoms with Crippen molar-refractivity contribution in [2.75, 3.05) is 36.0 Å².